The number of benzene rings is 1. The van der Waals surface area contributed by atoms with Crippen LogP contribution in [0.2, 0.25) is 0 Å². The zero-order valence-corrected chi connectivity index (χ0v) is 15.2. The van der Waals surface area contributed by atoms with Gasteiger partial charge in [0.25, 0.3) is 11.2 Å². The highest BCUT2D eigenvalue weighted by atomic mass is 19.4. The van der Waals surface area contributed by atoms with Gasteiger partial charge < -0.3 is 4.74 Å². The summed E-state index contributed by atoms with van der Waals surface area (Å²) in [4.78, 5) is 15.6. The molecule has 0 bridgehead atoms. The number of alkyl halides is 3. The van der Waals surface area contributed by atoms with Crippen LogP contribution in [0.4, 0.5) is 18.9 Å². The Morgan fingerprint density at radius 2 is 1.79 bits per heavy atom. The predicted octanol–water partition coefficient (Wildman–Crippen LogP) is 5.26. The van der Waals surface area contributed by atoms with Gasteiger partial charge in [-0.05, 0) is 56.0 Å². The van der Waals surface area contributed by atoms with Gasteiger partial charge in [0.2, 0.25) is 0 Å². The number of pyridine rings is 1. The number of ether oxygens (including phenoxy) is 1. The summed E-state index contributed by atoms with van der Waals surface area (Å²) in [6, 6.07) is 7.12. The third kappa shape index (κ3) is 3.93. The summed E-state index contributed by atoms with van der Waals surface area (Å²) in [5, 5.41) is 4.35. The van der Waals surface area contributed by atoms with Crippen LogP contribution in [-0.2, 0) is 6.18 Å². The van der Waals surface area contributed by atoms with Crippen LogP contribution in [0.25, 0.3) is 16.1 Å². The molecule has 0 atom stereocenters. The summed E-state index contributed by atoms with van der Waals surface area (Å²) >= 11 is 0. The summed E-state index contributed by atoms with van der Waals surface area (Å²) in [5.41, 5.74) is -2.17. The molecule has 0 saturated heterocycles. The molecule has 0 unspecified atom stereocenters. The van der Waals surface area contributed by atoms with Gasteiger partial charge in [-0.1, -0.05) is 6.42 Å². The number of hydrogen-bond acceptors (Lipinski definition) is 3. The molecule has 0 spiro atoms. The zero-order chi connectivity index (χ0) is 20.3. The largest absolute Gasteiger partial charge is 0.497 e. The van der Waals surface area contributed by atoms with E-state index >= 15 is 0 Å². The lowest BCUT2D eigenvalue weighted by Crippen LogP contribution is -2.23. The van der Waals surface area contributed by atoms with Crippen molar-refractivity contribution in [3.05, 3.63) is 57.7 Å². The van der Waals surface area contributed by atoms with E-state index in [4.69, 9.17) is 11.3 Å². The first-order valence-electron chi connectivity index (χ1n) is 8.81. The maximum Gasteiger partial charge on any atom is 0.407 e. The van der Waals surface area contributed by atoms with E-state index in [2.05, 4.69) is 9.95 Å². The number of halogens is 3. The van der Waals surface area contributed by atoms with Crippen molar-refractivity contribution in [1.82, 2.24) is 4.68 Å². The van der Waals surface area contributed by atoms with Gasteiger partial charge in [-0.3, -0.25) is 4.79 Å². The summed E-state index contributed by atoms with van der Waals surface area (Å²) in [7, 11) is 1.48. The van der Waals surface area contributed by atoms with Gasteiger partial charge in [0.1, 0.15) is 5.75 Å². The lowest BCUT2D eigenvalue weighted by molar-refractivity contribution is -0.136. The van der Waals surface area contributed by atoms with Gasteiger partial charge in [-0.2, -0.15) is 18.3 Å². The minimum absolute atomic E-state index is 0.00884. The van der Waals surface area contributed by atoms with E-state index < -0.39 is 23.0 Å². The maximum atomic E-state index is 13.5. The average Bonchev–Trinajstić information content (AvgIpc) is 2.69. The van der Waals surface area contributed by atoms with Crippen molar-refractivity contribution in [2.45, 2.75) is 38.3 Å². The second-order valence-electron chi connectivity index (χ2n) is 6.47. The second kappa shape index (κ2) is 7.89. The van der Waals surface area contributed by atoms with Gasteiger partial charge in [0.05, 0.1) is 24.9 Å². The van der Waals surface area contributed by atoms with E-state index in [9.17, 15) is 18.0 Å². The Hall–Kier alpha value is -3.08. The molecule has 0 amide bonds. The van der Waals surface area contributed by atoms with Gasteiger partial charge in [-0.25, -0.2) is 9.52 Å². The summed E-state index contributed by atoms with van der Waals surface area (Å²) in [6.07, 6.45) is -0.563. The van der Waals surface area contributed by atoms with Crippen molar-refractivity contribution in [3.63, 3.8) is 0 Å². The molecule has 1 aliphatic rings. The molecule has 3 rings (SSSR count). The van der Waals surface area contributed by atoms with Crippen molar-refractivity contribution < 1.29 is 17.9 Å². The van der Waals surface area contributed by atoms with Crippen LogP contribution < -0.4 is 10.3 Å². The first-order chi connectivity index (χ1) is 13.3. The van der Waals surface area contributed by atoms with Gasteiger partial charge in [0, 0.05) is 11.3 Å². The van der Waals surface area contributed by atoms with Crippen molar-refractivity contribution in [2.75, 3.05) is 7.11 Å². The average molecular weight is 389 g/mol. The maximum absolute atomic E-state index is 13.5. The Bertz CT molecular complexity index is 992. The number of rotatable bonds is 3. The first kappa shape index (κ1) is 19.7. The molecular formula is C20H18F3N3O2. The molecule has 8 heteroatoms. The highest BCUT2D eigenvalue weighted by Crippen LogP contribution is 2.37. The van der Waals surface area contributed by atoms with E-state index in [-0.39, 0.29) is 5.69 Å². The van der Waals surface area contributed by atoms with Crippen LogP contribution in [0.15, 0.2) is 40.2 Å². The fraction of sp³-hybridized carbons (Fsp3) is 0.350. The van der Waals surface area contributed by atoms with Gasteiger partial charge in [-0.15, -0.1) is 0 Å². The minimum atomic E-state index is -4.82. The van der Waals surface area contributed by atoms with Crippen molar-refractivity contribution in [3.8, 4) is 17.0 Å². The molecule has 0 aliphatic heterocycles. The molecule has 1 saturated carbocycles. The molecule has 28 heavy (non-hydrogen) atoms. The lowest BCUT2D eigenvalue weighted by atomic mass is 9.99. The van der Waals surface area contributed by atoms with E-state index in [0.29, 0.717) is 24.2 Å². The normalized spacial score (nSPS) is 14.5. The van der Waals surface area contributed by atoms with E-state index in [0.717, 1.165) is 35.7 Å². The molecule has 1 fully saturated rings. The molecule has 146 valence electrons. The van der Waals surface area contributed by atoms with E-state index in [1.54, 1.807) is 24.3 Å². The van der Waals surface area contributed by atoms with Crippen LogP contribution in [0.1, 0.15) is 37.7 Å². The standard InChI is InChI=1S/C20H18F3N3O2/c1-24-18-16(20(21,22)23)12-17(13-8-10-15(28-2)11-9-13)26(19(18)27)25-14-6-4-3-5-7-14/h8-12H,3-7H2,2H3. The van der Waals surface area contributed by atoms with Gasteiger partial charge >= 0.3 is 6.18 Å². The smallest absolute Gasteiger partial charge is 0.407 e. The topological polar surface area (TPSA) is 48.0 Å². The number of aromatic nitrogens is 1. The first-order valence-corrected chi connectivity index (χ1v) is 8.81. The molecule has 0 radical (unpaired) electrons. The second-order valence-corrected chi connectivity index (χ2v) is 6.47. The number of nitrogens with zero attached hydrogens (tertiary/aromatic N) is 3. The van der Waals surface area contributed by atoms with Crippen LogP contribution in [0.3, 0.4) is 0 Å². The highest BCUT2D eigenvalue weighted by molar-refractivity contribution is 5.85. The molecule has 0 N–H and O–H groups in total. The number of methoxy groups -OCH3 is 1. The Balaban J connectivity index is 2.28. The van der Waals surface area contributed by atoms with Crippen molar-refractivity contribution in [2.24, 2.45) is 5.10 Å². The molecular weight excluding hydrogens is 371 g/mol. The Kier molecular flexibility index (Phi) is 5.54. The zero-order valence-electron chi connectivity index (χ0n) is 15.2. The van der Waals surface area contributed by atoms with E-state index in [1.165, 1.54) is 7.11 Å². The van der Waals surface area contributed by atoms with Crippen LogP contribution in [0.5, 0.6) is 5.75 Å². The van der Waals surface area contributed by atoms with Crippen molar-refractivity contribution in [1.29, 1.82) is 0 Å². The van der Waals surface area contributed by atoms with Gasteiger partial charge in [0.15, 0.2) is 0 Å². The Labute approximate surface area is 159 Å². The molecule has 1 aromatic carbocycles. The molecule has 5 nitrogen and oxygen atoms in total. The summed E-state index contributed by atoms with van der Waals surface area (Å²) in [5.74, 6) is 0.532. The third-order valence-corrected chi connectivity index (χ3v) is 4.63. The lowest BCUT2D eigenvalue weighted by Gasteiger charge is -2.17. The third-order valence-electron chi connectivity index (χ3n) is 4.63. The predicted molar refractivity (Wildman–Crippen MR) is 99.9 cm³/mol. The SMILES string of the molecule is [C-]#[N+]c1c(C(F)(F)F)cc(-c2ccc(OC)cc2)n(N=C2CCCCC2)c1=O. The molecule has 2 aromatic rings. The molecule has 1 heterocycles. The quantitative estimate of drug-likeness (QED) is 0.672. The minimum Gasteiger partial charge on any atom is -0.497 e. The summed E-state index contributed by atoms with van der Waals surface area (Å²) < 4.78 is 46.4. The fourth-order valence-corrected chi connectivity index (χ4v) is 3.18. The van der Waals surface area contributed by atoms with Crippen molar-refractivity contribution >= 4 is 11.4 Å². The highest BCUT2D eigenvalue weighted by Gasteiger charge is 2.36. The van der Waals surface area contributed by atoms with Crippen LogP contribution in [0, 0.1) is 6.57 Å². The molecule has 1 aliphatic carbocycles. The molecule has 1 aromatic heterocycles. The summed E-state index contributed by atoms with van der Waals surface area (Å²) in [6.45, 7) is 7.10. The Morgan fingerprint density at radius 1 is 1.14 bits per heavy atom. The van der Waals surface area contributed by atoms with Crippen LogP contribution >= 0.6 is 0 Å². The fourth-order valence-electron chi connectivity index (χ4n) is 3.18. The van der Waals surface area contributed by atoms with Crippen LogP contribution in [-0.4, -0.2) is 17.5 Å². The monoisotopic (exact) mass is 389 g/mol. The number of hydrogen-bond donors (Lipinski definition) is 0. The van der Waals surface area contributed by atoms with E-state index in [1.807, 2.05) is 0 Å². The Morgan fingerprint density at radius 3 is 2.32 bits per heavy atom.